The molecule has 0 aliphatic carbocycles. The lowest BCUT2D eigenvalue weighted by molar-refractivity contribution is 0.305. The summed E-state index contributed by atoms with van der Waals surface area (Å²) in [6.45, 7) is 2.21. The van der Waals surface area contributed by atoms with Gasteiger partial charge >= 0.3 is 0 Å². The third-order valence-corrected chi connectivity index (χ3v) is 7.81. The lowest BCUT2D eigenvalue weighted by atomic mass is 9.96. The van der Waals surface area contributed by atoms with Crippen molar-refractivity contribution in [3.8, 4) is 11.5 Å². The number of fused-ring (bicyclic) bond motifs is 1. The van der Waals surface area contributed by atoms with E-state index >= 15 is 0 Å². The van der Waals surface area contributed by atoms with E-state index in [1.807, 2.05) is 19.1 Å². The maximum Gasteiger partial charge on any atom is 0.253 e. The summed E-state index contributed by atoms with van der Waals surface area (Å²) >= 11 is 6.98. The van der Waals surface area contributed by atoms with Crippen molar-refractivity contribution < 1.29 is 17.9 Å². The van der Waals surface area contributed by atoms with Gasteiger partial charge in [0.15, 0.2) is 11.5 Å². The molecular weight excluding hydrogens is 370 g/mol. The minimum Gasteiger partial charge on any atom is -0.493 e. The summed E-state index contributed by atoms with van der Waals surface area (Å²) in [6, 6.07) is 6.79. The summed E-state index contributed by atoms with van der Waals surface area (Å²) in [7, 11) is -0.415. The predicted molar refractivity (Wildman–Crippen MR) is 94.8 cm³/mol. The fourth-order valence-corrected chi connectivity index (χ4v) is 6.14. The number of halogens is 1. The van der Waals surface area contributed by atoms with E-state index in [9.17, 15) is 8.42 Å². The first-order valence-electron chi connectivity index (χ1n) is 7.37. The SMILES string of the molecule is COc1cc2c(cc1OC)CN(S(=O)(=O)c1ccc(Cl)s1)C(C)C2. The van der Waals surface area contributed by atoms with Crippen molar-refractivity contribution in [2.75, 3.05) is 14.2 Å². The molecule has 24 heavy (non-hydrogen) atoms. The first kappa shape index (κ1) is 17.5. The molecule has 8 heteroatoms. The number of nitrogens with zero attached hydrogens (tertiary/aromatic N) is 1. The maximum absolute atomic E-state index is 12.9. The van der Waals surface area contributed by atoms with Crippen LogP contribution in [0.3, 0.4) is 0 Å². The fraction of sp³-hybridized carbons (Fsp3) is 0.375. The first-order chi connectivity index (χ1) is 11.4. The molecule has 1 aliphatic rings. The van der Waals surface area contributed by atoms with Gasteiger partial charge < -0.3 is 9.47 Å². The number of thiophene rings is 1. The van der Waals surface area contributed by atoms with Crippen molar-refractivity contribution in [2.45, 2.75) is 30.1 Å². The molecule has 0 saturated carbocycles. The van der Waals surface area contributed by atoms with E-state index in [4.69, 9.17) is 21.1 Å². The van der Waals surface area contributed by atoms with Gasteiger partial charge in [0.1, 0.15) is 4.21 Å². The second-order valence-electron chi connectivity index (χ2n) is 5.64. The molecule has 2 heterocycles. The van der Waals surface area contributed by atoms with Gasteiger partial charge in [0.05, 0.1) is 18.6 Å². The Morgan fingerprint density at radius 1 is 1.17 bits per heavy atom. The molecular formula is C16H18ClNO4S2. The van der Waals surface area contributed by atoms with Crippen LogP contribution in [-0.4, -0.2) is 33.0 Å². The second kappa shape index (κ2) is 6.55. The topological polar surface area (TPSA) is 55.8 Å². The second-order valence-corrected chi connectivity index (χ2v) is 9.47. The van der Waals surface area contributed by atoms with E-state index in [0.717, 1.165) is 22.5 Å². The highest BCUT2D eigenvalue weighted by atomic mass is 35.5. The summed E-state index contributed by atoms with van der Waals surface area (Å²) in [5.74, 6) is 1.26. The Morgan fingerprint density at radius 3 is 2.33 bits per heavy atom. The summed E-state index contributed by atoms with van der Waals surface area (Å²) in [4.78, 5) is 0. The van der Waals surface area contributed by atoms with Gasteiger partial charge in [0, 0.05) is 12.6 Å². The minimum atomic E-state index is -3.57. The van der Waals surface area contributed by atoms with Crippen molar-refractivity contribution in [1.29, 1.82) is 0 Å². The van der Waals surface area contributed by atoms with E-state index in [2.05, 4.69) is 0 Å². The monoisotopic (exact) mass is 387 g/mol. The number of rotatable bonds is 4. The largest absolute Gasteiger partial charge is 0.493 e. The highest BCUT2D eigenvalue weighted by Crippen LogP contribution is 2.37. The Hall–Kier alpha value is -1.28. The van der Waals surface area contributed by atoms with Gasteiger partial charge in [0.25, 0.3) is 10.0 Å². The van der Waals surface area contributed by atoms with Gasteiger partial charge in [-0.25, -0.2) is 8.42 Å². The van der Waals surface area contributed by atoms with E-state index in [-0.39, 0.29) is 10.3 Å². The van der Waals surface area contributed by atoms with E-state index < -0.39 is 10.0 Å². The first-order valence-corrected chi connectivity index (χ1v) is 10.0. The van der Waals surface area contributed by atoms with Gasteiger partial charge in [0.2, 0.25) is 0 Å². The van der Waals surface area contributed by atoms with Crippen molar-refractivity contribution in [2.24, 2.45) is 0 Å². The van der Waals surface area contributed by atoms with Crippen molar-refractivity contribution >= 4 is 33.0 Å². The minimum absolute atomic E-state index is 0.151. The number of hydrogen-bond acceptors (Lipinski definition) is 5. The summed E-state index contributed by atoms with van der Waals surface area (Å²) < 4.78 is 38.8. The molecule has 1 unspecified atom stereocenters. The molecule has 0 radical (unpaired) electrons. The smallest absolute Gasteiger partial charge is 0.253 e. The molecule has 0 bridgehead atoms. The highest BCUT2D eigenvalue weighted by Gasteiger charge is 2.34. The molecule has 130 valence electrons. The number of ether oxygens (including phenoxy) is 2. The standard InChI is InChI=1S/C16H18ClNO4S2/c1-10-6-11-7-13(21-2)14(22-3)8-12(11)9-18(10)24(19,20)16-5-4-15(17)23-16/h4-5,7-8,10H,6,9H2,1-3H3. The van der Waals surface area contributed by atoms with Crippen LogP contribution in [0, 0.1) is 0 Å². The number of sulfonamides is 1. The van der Waals surface area contributed by atoms with Crippen molar-refractivity contribution in [3.63, 3.8) is 0 Å². The zero-order valence-corrected chi connectivity index (χ0v) is 16.0. The molecule has 3 rings (SSSR count). The Balaban J connectivity index is 2.00. The zero-order valence-electron chi connectivity index (χ0n) is 13.6. The van der Waals surface area contributed by atoms with E-state index in [1.54, 1.807) is 26.4 Å². The molecule has 1 aliphatic heterocycles. The van der Waals surface area contributed by atoms with Crippen LogP contribution in [-0.2, 0) is 23.0 Å². The molecule has 0 N–H and O–H groups in total. The van der Waals surface area contributed by atoms with Gasteiger partial charge in [-0.1, -0.05) is 11.6 Å². The Morgan fingerprint density at radius 2 is 1.79 bits per heavy atom. The molecule has 2 aromatic rings. The Bertz CT molecular complexity index is 863. The normalized spacial score (nSPS) is 18.2. The average Bonchev–Trinajstić information content (AvgIpc) is 3.00. The molecule has 0 amide bonds. The molecule has 5 nitrogen and oxygen atoms in total. The van der Waals surface area contributed by atoms with Crippen LogP contribution in [0.15, 0.2) is 28.5 Å². The lowest BCUT2D eigenvalue weighted by Crippen LogP contribution is -2.42. The molecule has 1 aromatic heterocycles. The average molecular weight is 388 g/mol. The molecule has 0 saturated heterocycles. The van der Waals surface area contributed by atoms with Crippen molar-refractivity contribution in [1.82, 2.24) is 4.31 Å². The van der Waals surface area contributed by atoms with Crippen LogP contribution in [0.5, 0.6) is 11.5 Å². The molecule has 1 atom stereocenters. The van der Waals surface area contributed by atoms with Gasteiger partial charge in [-0.15, -0.1) is 11.3 Å². The molecule has 0 fully saturated rings. The van der Waals surface area contributed by atoms with Crippen LogP contribution >= 0.6 is 22.9 Å². The summed E-state index contributed by atoms with van der Waals surface area (Å²) in [6.07, 6.45) is 0.619. The van der Waals surface area contributed by atoms with Crippen LogP contribution in [0.2, 0.25) is 4.34 Å². The van der Waals surface area contributed by atoms with Gasteiger partial charge in [-0.2, -0.15) is 4.31 Å². The zero-order chi connectivity index (χ0) is 17.5. The third kappa shape index (κ3) is 3.01. The van der Waals surface area contributed by atoms with Crippen LogP contribution in [0.1, 0.15) is 18.1 Å². The fourth-order valence-electron chi connectivity index (χ4n) is 2.92. The Kier molecular flexibility index (Phi) is 4.79. The van der Waals surface area contributed by atoms with Crippen LogP contribution < -0.4 is 9.47 Å². The van der Waals surface area contributed by atoms with E-state index in [0.29, 0.717) is 28.8 Å². The van der Waals surface area contributed by atoms with Gasteiger partial charge in [-0.3, -0.25) is 0 Å². The highest BCUT2D eigenvalue weighted by molar-refractivity contribution is 7.91. The maximum atomic E-state index is 12.9. The van der Waals surface area contributed by atoms with Gasteiger partial charge in [-0.05, 0) is 48.7 Å². The third-order valence-electron chi connectivity index (χ3n) is 4.15. The Labute approximate surface area is 150 Å². The quantitative estimate of drug-likeness (QED) is 0.804. The lowest BCUT2D eigenvalue weighted by Gasteiger charge is -2.34. The molecule has 0 spiro atoms. The summed E-state index contributed by atoms with van der Waals surface area (Å²) in [5, 5.41) is 0. The molecule has 1 aromatic carbocycles. The van der Waals surface area contributed by atoms with E-state index in [1.165, 1.54) is 4.31 Å². The predicted octanol–water partition coefficient (Wildman–Crippen LogP) is 3.55. The van der Waals surface area contributed by atoms with Crippen molar-refractivity contribution in [3.05, 3.63) is 39.7 Å². The number of benzene rings is 1. The van der Waals surface area contributed by atoms with Crippen LogP contribution in [0.25, 0.3) is 0 Å². The number of methoxy groups -OCH3 is 2. The summed E-state index contributed by atoms with van der Waals surface area (Å²) in [5.41, 5.74) is 2.01. The van der Waals surface area contributed by atoms with Crippen LogP contribution in [0.4, 0.5) is 0 Å². The number of hydrogen-bond donors (Lipinski definition) is 0.